The standard InChI is InChI=1S/C21H22N2O4/c1-3-4-12-20(25)23-19-11-6-5-8-17(19)14-22-21(26)16-9-7-10-18(13-16)27-15(2)24/h4-13H,3,14H2,1-2H3,(H,22,26)(H,23,25)/b12-4+. The van der Waals surface area contributed by atoms with E-state index in [2.05, 4.69) is 10.6 Å². The summed E-state index contributed by atoms with van der Waals surface area (Å²) in [6.45, 7) is 3.49. The fraction of sp³-hybridized carbons (Fsp3) is 0.190. The van der Waals surface area contributed by atoms with Gasteiger partial charge in [-0.1, -0.05) is 37.3 Å². The van der Waals surface area contributed by atoms with Crippen LogP contribution in [0.5, 0.6) is 5.75 Å². The van der Waals surface area contributed by atoms with E-state index in [4.69, 9.17) is 4.74 Å². The van der Waals surface area contributed by atoms with E-state index >= 15 is 0 Å². The Morgan fingerprint density at radius 1 is 1.07 bits per heavy atom. The zero-order valence-electron chi connectivity index (χ0n) is 15.3. The van der Waals surface area contributed by atoms with Crippen molar-refractivity contribution in [1.82, 2.24) is 5.32 Å². The van der Waals surface area contributed by atoms with Crippen molar-refractivity contribution in [2.24, 2.45) is 0 Å². The summed E-state index contributed by atoms with van der Waals surface area (Å²) in [4.78, 5) is 35.3. The Kier molecular flexibility index (Phi) is 7.31. The lowest BCUT2D eigenvalue weighted by Crippen LogP contribution is -2.23. The van der Waals surface area contributed by atoms with Crippen molar-refractivity contribution in [3.05, 3.63) is 71.8 Å². The Morgan fingerprint density at radius 2 is 1.85 bits per heavy atom. The molecule has 2 aromatic rings. The van der Waals surface area contributed by atoms with Gasteiger partial charge in [-0.25, -0.2) is 0 Å². The van der Waals surface area contributed by atoms with Crippen LogP contribution in [0.25, 0.3) is 0 Å². The van der Waals surface area contributed by atoms with Crippen LogP contribution in [0.1, 0.15) is 36.2 Å². The SMILES string of the molecule is CC/C=C/C(=O)Nc1ccccc1CNC(=O)c1cccc(OC(C)=O)c1. The average molecular weight is 366 g/mol. The van der Waals surface area contributed by atoms with Gasteiger partial charge < -0.3 is 15.4 Å². The number of rotatable bonds is 7. The molecule has 0 bridgehead atoms. The molecule has 0 aliphatic carbocycles. The first-order valence-corrected chi connectivity index (χ1v) is 8.61. The molecule has 0 aromatic heterocycles. The largest absolute Gasteiger partial charge is 0.427 e. The lowest BCUT2D eigenvalue weighted by molar-refractivity contribution is -0.131. The molecule has 0 aliphatic heterocycles. The van der Waals surface area contributed by atoms with Gasteiger partial charge >= 0.3 is 5.97 Å². The smallest absolute Gasteiger partial charge is 0.308 e. The fourth-order valence-corrected chi connectivity index (χ4v) is 2.34. The molecule has 0 aliphatic rings. The number of anilines is 1. The van der Waals surface area contributed by atoms with E-state index in [0.717, 1.165) is 12.0 Å². The van der Waals surface area contributed by atoms with Crippen molar-refractivity contribution < 1.29 is 19.1 Å². The van der Waals surface area contributed by atoms with Crippen molar-refractivity contribution in [1.29, 1.82) is 0 Å². The van der Waals surface area contributed by atoms with Crippen molar-refractivity contribution >= 4 is 23.5 Å². The van der Waals surface area contributed by atoms with E-state index in [1.165, 1.54) is 19.1 Å². The zero-order valence-corrected chi connectivity index (χ0v) is 15.3. The number of hydrogen-bond acceptors (Lipinski definition) is 4. The number of carbonyl (C=O) groups excluding carboxylic acids is 3. The van der Waals surface area contributed by atoms with Crippen molar-refractivity contribution in [2.45, 2.75) is 26.8 Å². The van der Waals surface area contributed by atoms with Crippen LogP contribution in [0.4, 0.5) is 5.69 Å². The van der Waals surface area contributed by atoms with Crippen LogP contribution in [0, 0.1) is 0 Å². The van der Waals surface area contributed by atoms with Gasteiger partial charge in [-0.05, 0) is 42.3 Å². The lowest BCUT2D eigenvalue weighted by Gasteiger charge is -2.11. The number of ether oxygens (including phenoxy) is 1. The normalized spacial score (nSPS) is 10.4. The highest BCUT2D eigenvalue weighted by Crippen LogP contribution is 2.16. The monoisotopic (exact) mass is 366 g/mol. The van der Waals surface area contributed by atoms with E-state index in [9.17, 15) is 14.4 Å². The summed E-state index contributed by atoms with van der Waals surface area (Å²) < 4.78 is 4.99. The molecular weight excluding hydrogens is 344 g/mol. The quantitative estimate of drug-likeness (QED) is 0.447. The van der Waals surface area contributed by atoms with E-state index in [1.807, 2.05) is 25.1 Å². The Labute approximate surface area is 158 Å². The maximum Gasteiger partial charge on any atom is 0.308 e. The van der Waals surface area contributed by atoms with Crippen LogP contribution in [-0.2, 0) is 16.1 Å². The number of benzene rings is 2. The summed E-state index contributed by atoms with van der Waals surface area (Å²) in [6.07, 6.45) is 4.03. The second-order valence-electron chi connectivity index (χ2n) is 5.76. The van der Waals surface area contributed by atoms with Crippen molar-refractivity contribution in [2.75, 3.05) is 5.32 Å². The zero-order chi connectivity index (χ0) is 19.6. The fourth-order valence-electron chi connectivity index (χ4n) is 2.34. The van der Waals surface area contributed by atoms with Crippen LogP contribution in [0.3, 0.4) is 0 Å². The molecule has 0 atom stereocenters. The molecule has 2 amide bonds. The highest BCUT2D eigenvalue weighted by atomic mass is 16.5. The van der Waals surface area contributed by atoms with Crippen LogP contribution in [0.2, 0.25) is 0 Å². The molecule has 0 saturated heterocycles. The molecule has 0 saturated carbocycles. The van der Waals surface area contributed by atoms with Gasteiger partial charge in [0.15, 0.2) is 0 Å². The number of allylic oxidation sites excluding steroid dienone is 1. The number of nitrogens with one attached hydrogen (secondary N) is 2. The average Bonchev–Trinajstić information content (AvgIpc) is 2.65. The molecule has 6 nitrogen and oxygen atoms in total. The number of carbonyl (C=O) groups is 3. The summed E-state index contributed by atoms with van der Waals surface area (Å²) in [5.41, 5.74) is 1.79. The predicted molar refractivity (Wildman–Crippen MR) is 103 cm³/mol. The van der Waals surface area contributed by atoms with Crippen molar-refractivity contribution in [3.8, 4) is 5.75 Å². The third kappa shape index (κ3) is 6.43. The Morgan fingerprint density at radius 3 is 2.59 bits per heavy atom. The number of esters is 1. The Balaban J connectivity index is 2.04. The molecule has 140 valence electrons. The molecule has 2 N–H and O–H groups in total. The molecule has 2 aromatic carbocycles. The Bertz CT molecular complexity index is 859. The minimum absolute atomic E-state index is 0.218. The second kappa shape index (κ2) is 9.91. The minimum atomic E-state index is -0.450. The van der Waals surface area contributed by atoms with Gasteiger partial charge in [0.1, 0.15) is 5.75 Å². The van der Waals surface area contributed by atoms with Crippen LogP contribution >= 0.6 is 0 Å². The summed E-state index contributed by atoms with van der Waals surface area (Å²) in [5, 5.41) is 5.61. The first kappa shape index (κ1) is 19.9. The van der Waals surface area contributed by atoms with E-state index in [-0.39, 0.29) is 18.4 Å². The van der Waals surface area contributed by atoms with Gasteiger partial charge in [0, 0.05) is 24.7 Å². The molecule has 0 heterocycles. The van der Waals surface area contributed by atoms with Crippen LogP contribution in [-0.4, -0.2) is 17.8 Å². The lowest BCUT2D eigenvalue weighted by atomic mass is 10.1. The number of hydrogen-bond donors (Lipinski definition) is 2. The first-order chi connectivity index (χ1) is 13.0. The molecule has 2 rings (SSSR count). The van der Waals surface area contributed by atoms with E-state index in [0.29, 0.717) is 17.0 Å². The highest BCUT2D eigenvalue weighted by Gasteiger charge is 2.10. The van der Waals surface area contributed by atoms with Crippen molar-refractivity contribution in [3.63, 3.8) is 0 Å². The number of amides is 2. The third-order valence-electron chi connectivity index (χ3n) is 3.58. The minimum Gasteiger partial charge on any atom is -0.427 e. The highest BCUT2D eigenvalue weighted by molar-refractivity contribution is 6.00. The molecule has 0 radical (unpaired) electrons. The maximum absolute atomic E-state index is 12.4. The van der Waals surface area contributed by atoms with Gasteiger partial charge in [-0.3, -0.25) is 14.4 Å². The summed E-state index contributed by atoms with van der Waals surface area (Å²) >= 11 is 0. The first-order valence-electron chi connectivity index (χ1n) is 8.61. The summed E-state index contributed by atoms with van der Waals surface area (Å²) in [7, 11) is 0. The maximum atomic E-state index is 12.4. The third-order valence-corrected chi connectivity index (χ3v) is 3.58. The number of para-hydroxylation sites is 1. The topological polar surface area (TPSA) is 84.5 Å². The van der Waals surface area contributed by atoms with Crippen LogP contribution in [0.15, 0.2) is 60.7 Å². The molecule has 0 unspecified atom stereocenters. The summed E-state index contributed by atoms with van der Waals surface area (Å²) in [5.74, 6) is -0.666. The van der Waals surface area contributed by atoms with Crippen LogP contribution < -0.4 is 15.4 Å². The summed E-state index contributed by atoms with van der Waals surface area (Å²) in [6, 6.07) is 13.6. The van der Waals surface area contributed by atoms with Gasteiger partial charge in [-0.2, -0.15) is 0 Å². The van der Waals surface area contributed by atoms with E-state index in [1.54, 1.807) is 30.3 Å². The van der Waals surface area contributed by atoms with E-state index < -0.39 is 5.97 Å². The van der Waals surface area contributed by atoms with Gasteiger partial charge in [0.05, 0.1) is 0 Å². The molecular formula is C21H22N2O4. The van der Waals surface area contributed by atoms with Gasteiger partial charge in [0.25, 0.3) is 5.91 Å². The molecule has 0 spiro atoms. The van der Waals surface area contributed by atoms with Gasteiger partial charge in [0.2, 0.25) is 5.91 Å². The predicted octanol–water partition coefficient (Wildman–Crippen LogP) is 3.45. The molecule has 6 heteroatoms. The Hall–Kier alpha value is -3.41. The second-order valence-corrected chi connectivity index (χ2v) is 5.76. The molecule has 0 fully saturated rings. The molecule has 27 heavy (non-hydrogen) atoms. The van der Waals surface area contributed by atoms with Gasteiger partial charge in [-0.15, -0.1) is 0 Å².